The Kier molecular flexibility index (Phi) is 2.75. The van der Waals surface area contributed by atoms with Gasteiger partial charge in [-0.25, -0.2) is 0 Å². The lowest BCUT2D eigenvalue weighted by atomic mass is 10.1. The lowest BCUT2D eigenvalue weighted by molar-refractivity contribution is -0.236. The van der Waals surface area contributed by atoms with Gasteiger partial charge in [0.15, 0.2) is 17.9 Å². The zero-order valence-corrected chi connectivity index (χ0v) is 11.1. The minimum Gasteiger partial charge on any atom is -0.366 e. The van der Waals surface area contributed by atoms with E-state index in [0.717, 1.165) is 0 Å². The summed E-state index contributed by atoms with van der Waals surface area (Å²) in [6.07, 6.45) is -2.38. The number of ether oxygens (including phenoxy) is 5. The highest BCUT2D eigenvalue weighted by atomic mass is 16.8. The Hall–Kier alpha value is -0.240. The third-order valence-electron chi connectivity index (χ3n) is 3.46. The molecular weight excluding hydrogens is 240 g/mol. The molecule has 3 heterocycles. The molecule has 5 atom stereocenters. The van der Waals surface area contributed by atoms with Crippen molar-refractivity contribution >= 4 is 0 Å². The molecule has 0 aromatic heterocycles. The number of fused-ring (bicyclic) bond motifs is 1. The molecule has 104 valence electrons. The topological polar surface area (TPSA) is 66.4 Å². The molecule has 1 N–H and O–H groups in total. The maximum Gasteiger partial charge on any atom is 0.184 e. The van der Waals surface area contributed by atoms with Gasteiger partial charge < -0.3 is 28.8 Å². The molecular formula is C12H20O6. The van der Waals surface area contributed by atoms with Gasteiger partial charge in [0.25, 0.3) is 0 Å². The second kappa shape index (κ2) is 3.88. The lowest BCUT2D eigenvalue weighted by Crippen LogP contribution is -2.40. The molecule has 0 bridgehead atoms. The molecule has 6 heteroatoms. The molecule has 3 rings (SSSR count). The van der Waals surface area contributed by atoms with E-state index in [1.807, 2.05) is 27.7 Å². The fourth-order valence-electron chi connectivity index (χ4n) is 2.78. The van der Waals surface area contributed by atoms with Crippen LogP contribution in [0, 0.1) is 0 Å². The van der Waals surface area contributed by atoms with Gasteiger partial charge in [0.05, 0.1) is 6.61 Å². The van der Waals surface area contributed by atoms with E-state index in [2.05, 4.69) is 0 Å². The first kappa shape index (κ1) is 12.8. The number of aliphatic hydroxyl groups is 1. The Morgan fingerprint density at radius 2 is 1.56 bits per heavy atom. The van der Waals surface area contributed by atoms with E-state index in [0.29, 0.717) is 6.61 Å². The van der Waals surface area contributed by atoms with Crippen molar-refractivity contribution in [1.29, 1.82) is 0 Å². The van der Waals surface area contributed by atoms with E-state index in [9.17, 15) is 5.11 Å². The molecule has 0 aliphatic carbocycles. The summed E-state index contributed by atoms with van der Waals surface area (Å²) in [5.41, 5.74) is 0. The molecule has 3 saturated heterocycles. The first-order chi connectivity index (χ1) is 8.27. The highest BCUT2D eigenvalue weighted by Crippen LogP contribution is 2.41. The van der Waals surface area contributed by atoms with E-state index in [4.69, 9.17) is 23.7 Å². The van der Waals surface area contributed by atoms with Crippen molar-refractivity contribution < 1.29 is 28.8 Å². The molecule has 3 aliphatic heterocycles. The Morgan fingerprint density at radius 3 is 2.17 bits per heavy atom. The molecule has 0 radical (unpaired) electrons. The first-order valence-electron chi connectivity index (χ1n) is 6.28. The maximum atomic E-state index is 9.87. The van der Waals surface area contributed by atoms with Gasteiger partial charge in [0, 0.05) is 0 Å². The van der Waals surface area contributed by atoms with Crippen LogP contribution in [0.15, 0.2) is 0 Å². The fourth-order valence-corrected chi connectivity index (χ4v) is 2.78. The third-order valence-corrected chi connectivity index (χ3v) is 3.46. The molecule has 0 amide bonds. The average Bonchev–Trinajstić information content (AvgIpc) is 2.81. The lowest BCUT2D eigenvalue weighted by Gasteiger charge is -2.26. The van der Waals surface area contributed by atoms with E-state index < -0.39 is 24.0 Å². The molecule has 0 aromatic carbocycles. The van der Waals surface area contributed by atoms with Crippen LogP contribution in [0.25, 0.3) is 0 Å². The smallest absolute Gasteiger partial charge is 0.184 e. The van der Waals surface area contributed by atoms with Crippen LogP contribution in [0.1, 0.15) is 27.7 Å². The van der Waals surface area contributed by atoms with Crippen LogP contribution in [0.2, 0.25) is 0 Å². The van der Waals surface area contributed by atoms with Gasteiger partial charge >= 0.3 is 0 Å². The average molecular weight is 260 g/mol. The summed E-state index contributed by atoms with van der Waals surface area (Å²) in [5.74, 6) is -1.32. The van der Waals surface area contributed by atoms with Crippen LogP contribution in [0.5, 0.6) is 0 Å². The van der Waals surface area contributed by atoms with E-state index >= 15 is 0 Å². The highest BCUT2D eigenvalue weighted by Gasteiger charge is 2.58. The van der Waals surface area contributed by atoms with Gasteiger partial charge in [-0.15, -0.1) is 0 Å². The van der Waals surface area contributed by atoms with Gasteiger partial charge in [-0.1, -0.05) is 0 Å². The molecule has 0 spiro atoms. The minimum atomic E-state index is -0.978. The maximum absolute atomic E-state index is 9.87. The van der Waals surface area contributed by atoms with E-state index in [1.54, 1.807) is 0 Å². The summed E-state index contributed by atoms with van der Waals surface area (Å²) in [6, 6.07) is 0. The normalized spacial score (nSPS) is 49.5. The Labute approximate surface area is 106 Å². The summed E-state index contributed by atoms with van der Waals surface area (Å²) >= 11 is 0. The summed E-state index contributed by atoms with van der Waals surface area (Å²) in [4.78, 5) is 0. The van der Waals surface area contributed by atoms with Crippen molar-refractivity contribution in [2.45, 2.75) is 70.0 Å². The zero-order chi connectivity index (χ0) is 13.1. The van der Waals surface area contributed by atoms with E-state index in [-0.39, 0.29) is 18.3 Å². The molecule has 0 aromatic rings. The summed E-state index contributed by atoms with van der Waals surface area (Å²) in [7, 11) is 0. The minimum absolute atomic E-state index is 0.248. The van der Waals surface area contributed by atoms with Crippen molar-refractivity contribution in [3.8, 4) is 0 Å². The van der Waals surface area contributed by atoms with Crippen LogP contribution in [0.3, 0.4) is 0 Å². The van der Waals surface area contributed by atoms with Crippen molar-refractivity contribution in [2.24, 2.45) is 0 Å². The third kappa shape index (κ3) is 2.07. The van der Waals surface area contributed by atoms with Crippen molar-refractivity contribution in [2.75, 3.05) is 6.61 Å². The highest BCUT2D eigenvalue weighted by molar-refractivity contribution is 4.99. The number of aliphatic hydroxyl groups excluding tert-OH is 1. The predicted molar refractivity (Wildman–Crippen MR) is 59.6 cm³/mol. The van der Waals surface area contributed by atoms with E-state index in [1.165, 1.54) is 0 Å². The molecule has 3 unspecified atom stereocenters. The Morgan fingerprint density at radius 1 is 0.889 bits per heavy atom. The van der Waals surface area contributed by atoms with Gasteiger partial charge in [-0.05, 0) is 27.7 Å². The molecule has 3 fully saturated rings. The second-order valence-corrected chi connectivity index (χ2v) is 5.92. The Balaban J connectivity index is 1.75. The van der Waals surface area contributed by atoms with Crippen molar-refractivity contribution in [1.82, 2.24) is 0 Å². The van der Waals surface area contributed by atoms with Crippen LogP contribution in [-0.4, -0.2) is 54.0 Å². The first-order valence-corrected chi connectivity index (χ1v) is 6.28. The number of rotatable bonds is 1. The Bertz CT molecular complexity index is 341. The zero-order valence-electron chi connectivity index (χ0n) is 11.1. The van der Waals surface area contributed by atoms with Gasteiger partial charge in [-0.2, -0.15) is 0 Å². The molecule has 0 saturated carbocycles. The SMILES string of the molecule is CC1(C)OC2C(O)OC([C@H]3COC(C)(C)O3)[C@@H]2O1. The van der Waals surface area contributed by atoms with Gasteiger partial charge in [0.1, 0.15) is 24.4 Å². The number of hydrogen-bond donors (Lipinski definition) is 1. The number of hydrogen-bond acceptors (Lipinski definition) is 6. The van der Waals surface area contributed by atoms with Crippen LogP contribution in [0.4, 0.5) is 0 Å². The van der Waals surface area contributed by atoms with Crippen LogP contribution < -0.4 is 0 Å². The summed E-state index contributed by atoms with van der Waals surface area (Å²) in [5, 5.41) is 9.87. The fraction of sp³-hybridized carbons (Fsp3) is 1.00. The van der Waals surface area contributed by atoms with Gasteiger partial charge in [-0.3, -0.25) is 0 Å². The summed E-state index contributed by atoms with van der Waals surface area (Å²) in [6.45, 7) is 7.78. The monoisotopic (exact) mass is 260 g/mol. The molecule has 18 heavy (non-hydrogen) atoms. The quantitative estimate of drug-likeness (QED) is 0.735. The summed E-state index contributed by atoms with van der Waals surface area (Å²) < 4.78 is 28.2. The van der Waals surface area contributed by atoms with Crippen LogP contribution >= 0.6 is 0 Å². The van der Waals surface area contributed by atoms with Gasteiger partial charge in [0.2, 0.25) is 0 Å². The van der Waals surface area contributed by atoms with Crippen molar-refractivity contribution in [3.05, 3.63) is 0 Å². The largest absolute Gasteiger partial charge is 0.366 e. The van der Waals surface area contributed by atoms with Crippen LogP contribution in [-0.2, 0) is 23.7 Å². The van der Waals surface area contributed by atoms with Crippen molar-refractivity contribution in [3.63, 3.8) is 0 Å². The predicted octanol–water partition coefficient (Wildman–Crippen LogP) is 0.375. The molecule has 3 aliphatic rings. The standard InChI is InChI=1S/C12H20O6/c1-11(2)14-5-6(16-11)7-8-9(10(13)15-7)18-12(3,4)17-8/h6-10,13H,5H2,1-4H3/t6-,7?,8+,9?,10?/m1/s1. The second-order valence-electron chi connectivity index (χ2n) is 5.92. The molecule has 6 nitrogen and oxygen atoms in total.